The Kier molecular flexibility index (Phi) is 10.3. The van der Waals surface area contributed by atoms with Crippen LogP contribution in [0.1, 0.15) is 42.3 Å². The van der Waals surface area contributed by atoms with Gasteiger partial charge in [-0.1, -0.05) is 32.1 Å². The van der Waals surface area contributed by atoms with E-state index in [1.54, 1.807) is 36.5 Å². The fourth-order valence-corrected chi connectivity index (χ4v) is 3.53. The number of nitrogens with zero attached hydrogens (tertiary/aromatic N) is 4. The Morgan fingerprint density at radius 1 is 1.11 bits per heavy atom. The molecule has 0 saturated heterocycles. The Labute approximate surface area is 222 Å². The van der Waals surface area contributed by atoms with E-state index in [4.69, 9.17) is 4.74 Å². The first kappa shape index (κ1) is 27.8. The van der Waals surface area contributed by atoms with Crippen molar-refractivity contribution in [1.82, 2.24) is 19.7 Å². The molecule has 9 heteroatoms. The minimum Gasteiger partial charge on any atom is -0.457 e. The summed E-state index contributed by atoms with van der Waals surface area (Å²) < 4.78 is 7.81. The lowest BCUT2D eigenvalue weighted by Gasteiger charge is -2.13. The molecule has 1 aromatic carbocycles. The van der Waals surface area contributed by atoms with E-state index in [0.29, 0.717) is 41.4 Å². The summed E-state index contributed by atoms with van der Waals surface area (Å²) in [5.74, 6) is 1.24. The highest BCUT2D eigenvalue weighted by Gasteiger charge is 2.13. The number of ether oxygens (including phenoxy) is 1. The highest BCUT2D eigenvalue weighted by Crippen LogP contribution is 2.28. The first-order valence-corrected chi connectivity index (χ1v) is 12.3. The first-order valence-electron chi connectivity index (χ1n) is 12.3. The number of imidazole rings is 1. The zero-order valence-corrected chi connectivity index (χ0v) is 22.0. The Morgan fingerprint density at radius 2 is 1.95 bits per heavy atom. The fourth-order valence-electron chi connectivity index (χ4n) is 3.53. The first-order chi connectivity index (χ1) is 18.5. The Balaban J connectivity index is 0.000000434. The number of carbonyl (C=O) groups is 2. The van der Waals surface area contributed by atoms with Gasteiger partial charge in [0, 0.05) is 54.2 Å². The molecule has 0 bridgehead atoms. The lowest BCUT2D eigenvalue weighted by atomic mass is 10.1. The van der Waals surface area contributed by atoms with Crippen molar-refractivity contribution in [2.75, 3.05) is 11.9 Å². The third kappa shape index (κ3) is 7.60. The summed E-state index contributed by atoms with van der Waals surface area (Å²) >= 11 is 0. The number of hydrogen-bond acceptors (Lipinski definition) is 6. The van der Waals surface area contributed by atoms with Crippen LogP contribution in [0.5, 0.6) is 11.5 Å². The van der Waals surface area contributed by atoms with Crippen molar-refractivity contribution in [2.24, 2.45) is 4.99 Å². The van der Waals surface area contributed by atoms with Crippen molar-refractivity contribution in [3.63, 3.8) is 0 Å². The van der Waals surface area contributed by atoms with Gasteiger partial charge in [0.15, 0.2) is 0 Å². The maximum atomic E-state index is 12.8. The molecule has 5 rings (SSSR count). The molecule has 0 fully saturated rings. The molecule has 4 heterocycles. The molecule has 2 amide bonds. The van der Waals surface area contributed by atoms with Gasteiger partial charge in [-0.05, 0) is 49.8 Å². The van der Waals surface area contributed by atoms with Gasteiger partial charge in [0.1, 0.15) is 23.0 Å². The molecule has 0 atom stereocenters. The molecule has 1 aliphatic heterocycles. The quantitative estimate of drug-likeness (QED) is 0.324. The average molecular weight is 513 g/mol. The van der Waals surface area contributed by atoms with Crippen LogP contribution in [-0.4, -0.2) is 38.9 Å². The highest BCUT2D eigenvalue weighted by atomic mass is 16.5. The van der Waals surface area contributed by atoms with Gasteiger partial charge < -0.3 is 19.8 Å². The molecule has 4 aromatic rings. The van der Waals surface area contributed by atoms with Gasteiger partial charge in [0.05, 0.1) is 6.54 Å². The van der Waals surface area contributed by atoms with Gasteiger partial charge >= 0.3 is 0 Å². The molecule has 0 unspecified atom stereocenters. The van der Waals surface area contributed by atoms with E-state index in [1.165, 1.54) is 6.20 Å². The van der Waals surface area contributed by atoms with Crippen LogP contribution >= 0.6 is 0 Å². The maximum absolute atomic E-state index is 12.8. The number of rotatable bonds is 7. The Hall–Kier alpha value is -4.79. The van der Waals surface area contributed by atoms with Crippen molar-refractivity contribution in [3.05, 3.63) is 96.1 Å². The SMILES string of the molecule is CC.CC1=NCC=C1.Cc1c(Oc2ccnc(NC=O)c2)cccc1C(=O)NCc1ccc2nccn2c1. The average Bonchev–Trinajstić information content (AvgIpc) is 3.61. The highest BCUT2D eigenvalue weighted by molar-refractivity contribution is 5.96. The van der Waals surface area contributed by atoms with E-state index in [1.807, 2.05) is 62.7 Å². The summed E-state index contributed by atoms with van der Waals surface area (Å²) in [4.78, 5) is 35.6. The van der Waals surface area contributed by atoms with Gasteiger partial charge in [-0.15, -0.1) is 0 Å². The normalized spacial score (nSPS) is 11.4. The van der Waals surface area contributed by atoms with Crippen molar-refractivity contribution >= 4 is 29.5 Å². The van der Waals surface area contributed by atoms with E-state index in [-0.39, 0.29) is 5.91 Å². The van der Waals surface area contributed by atoms with Crippen LogP contribution in [0.3, 0.4) is 0 Å². The molecule has 9 nitrogen and oxygen atoms in total. The molecular weight excluding hydrogens is 480 g/mol. The van der Waals surface area contributed by atoms with Crippen LogP contribution in [0, 0.1) is 6.92 Å². The van der Waals surface area contributed by atoms with Crippen LogP contribution in [0.4, 0.5) is 5.82 Å². The Bertz CT molecular complexity index is 1440. The van der Waals surface area contributed by atoms with E-state index in [9.17, 15) is 9.59 Å². The van der Waals surface area contributed by atoms with Crippen molar-refractivity contribution < 1.29 is 14.3 Å². The minimum absolute atomic E-state index is 0.193. The number of aliphatic imine (C=N–C) groups is 1. The number of benzene rings is 1. The topological polar surface area (TPSA) is 110 Å². The monoisotopic (exact) mass is 512 g/mol. The van der Waals surface area contributed by atoms with E-state index >= 15 is 0 Å². The second kappa shape index (κ2) is 14.1. The van der Waals surface area contributed by atoms with Crippen LogP contribution in [0.2, 0.25) is 0 Å². The number of nitrogens with one attached hydrogen (secondary N) is 2. The zero-order valence-electron chi connectivity index (χ0n) is 22.0. The summed E-state index contributed by atoms with van der Waals surface area (Å²) in [5.41, 5.74) is 4.20. The number of hydrogen-bond donors (Lipinski definition) is 2. The standard InChI is InChI=1S/C22H19N5O3.C5H7N.C2H6/c1-15-18(22(29)25-12-16-5-6-21-24-9-10-27(21)13-16)3-2-4-19(15)30-17-7-8-23-20(11-17)26-14-28;1-5-3-2-4-6-5;1-2/h2-11,13-14H,12H2,1H3,(H,25,29)(H,23,26,28);2-3H,4H2,1H3;1-2H3. The van der Waals surface area contributed by atoms with Gasteiger partial charge in [0.2, 0.25) is 6.41 Å². The second-order valence-corrected chi connectivity index (χ2v) is 7.97. The summed E-state index contributed by atoms with van der Waals surface area (Å²) in [6.45, 7) is 9.12. The smallest absolute Gasteiger partial charge is 0.251 e. The largest absolute Gasteiger partial charge is 0.457 e. The molecule has 196 valence electrons. The van der Waals surface area contributed by atoms with Crippen LogP contribution in [0.25, 0.3) is 5.65 Å². The number of carbonyl (C=O) groups excluding carboxylic acids is 2. The maximum Gasteiger partial charge on any atom is 0.251 e. The molecule has 0 spiro atoms. The summed E-state index contributed by atoms with van der Waals surface area (Å²) in [6.07, 6.45) is 11.7. The van der Waals surface area contributed by atoms with E-state index < -0.39 is 0 Å². The van der Waals surface area contributed by atoms with Crippen LogP contribution in [-0.2, 0) is 11.3 Å². The Morgan fingerprint density at radius 3 is 2.66 bits per heavy atom. The molecule has 3 aromatic heterocycles. The number of pyridine rings is 2. The van der Waals surface area contributed by atoms with Crippen molar-refractivity contribution in [2.45, 2.75) is 34.2 Å². The zero-order chi connectivity index (χ0) is 27.3. The molecular formula is C29H32N6O3. The minimum atomic E-state index is -0.193. The lowest BCUT2D eigenvalue weighted by Crippen LogP contribution is -2.23. The number of amides is 2. The third-order valence-electron chi connectivity index (χ3n) is 5.40. The number of fused-ring (bicyclic) bond motifs is 1. The summed E-state index contributed by atoms with van der Waals surface area (Å²) in [5, 5.41) is 5.42. The molecule has 0 saturated carbocycles. The van der Waals surface area contributed by atoms with Crippen molar-refractivity contribution in [1.29, 1.82) is 0 Å². The summed E-state index contributed by atoms with van der Waals surface area (Å²) in [6, 6.07) is 12.4. The predicted molar refractivity (Wildman–Crippen MR) is 150 cm³/mol. The van der Waals surface area contributed by atoms with E-state index in [0.717, 1.165) is 23.5 Å². The summed E-state index contributed by atoms with van der Waals surface area (Å²) in [7, 11) is 0. The molecule has 0 radical (unpaired) electrons. The molecule has 1 aliphatic rings. The van der Waals surface area contributed by atoms with Gasteiger partial charge in [-0.2, -0.15) is 0 Å². The van der Waals surface area contributed by atoms with Gasteiger partial charge in [-0.3, -0.25) is 14.6 Å². The number of anilines is 1. The number of allylic oxidation sites excluding steroid dienone is 1. The van der Waals surface area contributed by atoms with Crippen LogP contribution in [0.15, 0.2) is 84.4 Å². The van der Waals surface area contributed by atoms with Crippen molar-refractivity contribution in [3.8, 4) is 11.5 Å². The molecule has 2 N–H and O–H groups in total. The van der Waals surface area contributed by atoms with E-state index in [2.05, 4.69) is 31.7 Å². The predicted octanol–water partition coefficient (Wildman–Crippen LogP) is 5.37. The third-order valence-corrected chi connectivity index (χ3v) is 5.40. The molecule has 0 aliphatic carbocycles. The number of aromatic nitrogens is 3. The van der Waals surface area contributed by atoms with Gasteiger partial charge in [0.25, 0.3) is 5.91 Å². The lowest BCUT2D eigenvalue weighted by molar-refractivity contribution is -0.105. The second-order valence-electron chi connectivity index (χ2n) is 7.97. The van der Waals surface area contributed by atoms with Crippen LogP contribution < -0.4 is 15.4 Å². The van der Waals surface area contributed by atoms with Gasteiger partial charge in [-0.25, -0.2) is 9.97 Å². The molecule has 38 heavy (non-hydrogen) atoms. The fraction of sp³-hybridized carbons (Fsp3) is 0.207.